The van der Waals surface area contributed by atoms with E-state index >= 15 is 0 Å². The third kappa shape index (κ3) is 4.70. The first-order chi connectivity index (χ1) is 16.6. The summed E-state index contributed by atoms with van der Waals surface area (Å²) in [6, 6.07) is 12.8. The lowest BCUT2D eigenvalue weighted by Gasteiger charge is -2.29. The quantitative estimate of drug-likeness (QED) is 0.381. The highest BCUT2D eigenvalue weighted by Gasteiger charge is 2.24. The van der Waals surface area contributed by atoms with Gasteiger partial charge in [-0.15, -0.1) is 0 Å². The smallest absolute Gasteiger partial charge is 0.420 e. The molecule has 4 aromatic rings. The molecule has 1 saturated heterocycles. The molecule has 0 radical (unpaired) electrons. The highest BCUT2D eigenvalue weighted by molar-refractivity contribution is 7.22. The summed E-state index contributed by atoms with van der Waals surface area (Å²) in [4.78, 5) is 34.7. The maximum atomic E-state index is 13.5. The fraction of sp³-hybridized carbons (Fsp3) is 0.375. The van der Waals surface area contributed by atoms with Crippen LogP contribution in [0.25, 0.3) is 21.3 Å². The SMILES string of the molecule is CCOc1ccc2nc(N(CCN3CCOCC3)C(=O)Cn3c(=O)oc4ccccc43)sc2c1. The molecule has 1 fully saturated rings. The van der Waals surface area contributed by atoms with Crippen LogP contribution in [0, 0.1) is 0 Å². The molecule has 0 aliphatic carbocycles. The lowest BCUT2D eigenvalue weighted by atomic mass is 10.3. The molecule has 1 aliphatic rings. The molecule has 2 aromatic heterocycles. The number of nitrogens with zero attached hydrogens (tertiary/aromatic N) is 4. The second-order valence-corrected chi connectivity index (χ2v) is 8.99. The molecule has 34 heavy (non-hydrogen) atoms. The first-order valence-corrected chi connectivity index (χ1v) is 12.2. The predicted octanol–water partition coefficient (Wildman–Crippen LogP) is 2.97. The van der Waals surface area contributed by atoms with Gasteiger partial charge < -0.3 is 13.9 Å². The second kappa shape index (κ2) is 9.96. The van der Waals surface area contributed by atoms with Crippen LogP contribution < -0.4 is 15.4 Å². The van der Waals surface area contributed by atoms with Gasteiger partial charge in [-0.2, -0.15) is 0 Å². The van der Waals surface area contributed by atoms with Crippen LogP contribution in [0.5, 0.6) is 5.75 Å². The number of carbonyl (C=O) groups excluding carboxylic acids is 1. The van der Waals surface area contributed by atoms with Crippen LogP contribution in [-0.2, 0) is 16.1 Å². The molecular formula is C24H26N4O5S. The highest BCUT2D eigenvalue weighted by atomic mass is 32.1. The number of oxazole rings is 1. The van der Waals surface area contributed by atoms with E-state index in [-0.39, 0.29) is 12.5 Å². The normalized spacial score (nSPS) is 14.6. The Morgan fingerprint density at radius 2 is 2.03 bits per heavy atom. The molecule has 0 bridgehead atoms. The van der Waals surface area contributed by atoms with Gasteiger partial charge in [-0.3, -0.25) is 19.2 Å². The van der Waals surface area contributed by atoms with Crippen LogP contribution in [0.2, 0.25) is 0 Å². The molecule has 2 aromatic carbocycles. The molecule has 10 heteroatoms. The molecule has 3 heterocycles. The molecule has 178 valence electrons. The van der Waals surface area contributed by atoms with E-state index in [0.29, 0.717) is 49.1 Å². The van der Waals surface area contributed by atoms with Crippen molar-refractivity contribution in [2.45, 2.75) is 13.5 Å². The average molecular weight is 483 g/mol. The Morgan fingerprint density at radius 1 is 1.21 bits per heavy atom. The first kappa shape index (κ1) is 22.6. The van der Waals surface area contributed by atoms with Crippen molar-refractivity contribution in [3.05, 3.63) is 53.0 Å². The topological polar surface area (TPSA) is 90.0 Å². The minimum Gasteiger partial charge on any atom is -0.494 e. The van der Waals surface area contributed by atoms with E-state index < -0.39 is 5.76 Å². The van der Waals surface area contributed by atoms with Gasteiger partial charge in [0.15, 0.2) is 10.7 Å². The number of anilines is 1. The summed E-state index contributed by atoms with van der Waals surface area (Å²) in [5, 5.41) is 0.600. The van der Waals surface area contributed by atoms with Crippen LogP contribution in [-0.4, -0.2) is 66.4 Å². The molecule has 0 saturated carbocycles. The molecule has 5 rings (SSSR count). The molecule has 1 amide bonds. The number of benzene rings is 2. The molecule has 9 nitrogen and oxygen atoms in total. The van der Waals surface area contributed by atoms with Crippen molar-refractivity contribution in [2.24, 2.45) is 0 Å². The Kier molecular flexibility index (Phi) is 6.61. The summed E-state index contributed by atoms with van der Waals surface area (Å²) in [5.41, 5.74) is 1.86. The van der Waals surface area contributed by atoms with Crippen molar-refractivity contribution >= 4 is 43.7 Å². The van der Waals surface area contributed by atoms with Gasteiger partial charge in [0.25, 0.3) is 0 Å². The van der Waals surface area contributed by atoms with Crippen LogP contribution in [0.15, 0.2) is 51.7 Å². The van der Waals surface area contributed by atoms with Gasteiger partial charge in [0.05, 0.1) is 35.6 Å². The molecule has 0 atom stereocenters. The summed E-state index contributed by atoms with van der Waals surface area (Å²) in [6.45, 7) is 6.57. The zero-order chi connectivity index (χ0) is 23.5. The fourth-order valence-electron chi connectivity index (χ4n) is 4.04. The highest BCUT2D eigenvalue weighted by Crippen LogP contribution is 2.32. The van der Waals surface area contributed by atoms with Crippen molar-refractivity contribution in [1.82, 2.24) is 14.5 Å². The summed E-state index contributed by atoms with van der Waals surface area (Å²) in [6.07, 6.45) is 0. The van der Waals surface area contributed by atoms with E-state index in [1.165, 1.54) is 15.9 Å². The Bertz CT molecular complexity index is 1350. The van der Waals surface area contributed by atoms with E-state index in [4.69, 9.17) is 18.9 Å². The van der Waals surface area contributed by atoms with Crippen molar-refractivity contribution in [2.75, 3.05) is 50.9 Å². The number of rotatable bonds is 8. The van der Waals surface area contributed by atoms with Gasteiger partial charge in [-0.25, -0.2) is 9.78 Å². The van der Waals surface area contributed by atoms with Gasteiger partial charge in [-0.05, 0) is 37.3 Å². The number of para-hydroxylation sites is 2. The van der Waals surface area contributed by atoms with Crippen molar-refractivity contribution in [3.63, 3.8) is 0 Å². The number of hydrogen-bond acceptors (Lipinski definition) is 8. The van der Waals surface area contributed by atoms with Gasteiger partial charge >= 0.3 is 5.76 Å². The Labute approximate surface area is 200 Å². The Hall–Kier alpha value is -3.21. The minimum absolute atomic E-state index is 0.126. The molecule has 0 N–H and O–H groups in total. The molecule has 1 aliphatic heterocycles. The third-order valence-electron chi connectivity index (χ3n) is 5.80. The van der Waals surface area contributed by atoms with Crippen molar-refractivity contribution in [3.8, 4) is 5.75 Å². The maximum absolute atomic E-state index is 13.5. The maximum Gasteiger partial charge on any atom is 0.420 e. The number of hydrogen-bond donors (Lipinski definition) is 0. The van der Waals surface area contributed by atoms with E-state index in [0.717, 1.165) is 29.1 Å². The number of ether oxygens (including phenoxy) is 2. The van der Waals surface area contributed by atoms with Crippen LogP contribution in [0.1, 0.15) is 6.92 Å². The monoisotopic (exact) mass is 482 g/mol. The number of fused-ring (bicyclic) bond motifs is 2. The van der Waals surface area contributed by atoms with Gasteiger partial charge in [0, 0.05) is 26.2 Å². The van der Waals surface area contributed by atoms with E-state index in [9.17, 15) is 9.59 Å². The Balaban J connectivity index is 1.44. The van der Waals surface area contributed by atoms with Crippen molar-refractivity contribution in [1.29, 1.82) is 0 Å². The standard InChI is InChI=1S/C24H26N4O5S/c1-2-32-17-7-8-18-21(15-17)34-23(25-18)27(10-9-26-11-13-31-14-12-26)22(29)16-28-19-5-3-4-6-20(19)33-24(28)30/h3-8,15H,2,9-14,16H2,1H3. The lowest BCUT2D eigenvalue weighted by molar-refractivity contribution is -0.119. The number of thiazole rings is 1. The third-order valence-corrected chi connectivity index (χ3v) is 6.84. The minimum atomic E-state index is -0.548. The number of carbonyl (C=O) groups is 1. The van der Waals surface area contributed by atoms with Crippen LogP contribution in [0.4, 0.5) is 5.13 Å². The van der Waals surface area contributed by atoms with E-state index in [2.05, 4.69) is 4.90 Å². The van der Waals surface area contributed by atoms with Crippen molar-refractivity contribution < 1.29 is 18.7 Å². The lowest BCUT2D eigenvalue weighted by Crippen LogP contribution is -2.44. The van der Waals surface area contributed by atoms with Gasteiger partial charge in [0.1, 0.15) is 12.3 Å². The van der Waals surface area contributed by atoms with Crippen LogP contribution in [0.3, 0.4) is 0 Å². The molecule has 0 unspecified atom stereocenters. The average Bonchev–Trinajstić information content (AvgIpc) is 3.40. The fourth-order valence-corrected chi connectivity index (χ4v) is 5.08. The number of amides is 1. The summed E-state index contributed by atoms with van der Waals surface area (Å²) in [7, 11) is 0. The zero-order valence-electron chi connectivity index (χ0n) is 18.9. The largest absolute Gasteiger partial charge is 0.494 e. The first-order valence-electron chi connectivity index (χ1n) is 11.3. The van der Waals surface area contributed by atoms with Gasteiger partial charge in [-0.1, -0.05) is 23.5 Å². The van der Waals surface area contributed by atoms with E-state index in [1.807, 2.05) is 31.2 Å². The molecular weight excluding hydrogens is 456 g/mol. The van der Waals surface area contributed by atoms with E-state index in [1.54, 1.807) is 23.1 Å². The molecule has 0 spiro atoms. The van der Waals surface area contributed by atoms with Gasteiger partial charge in [0.2, 0.25) is 5.91 Å². The summed E-state index contributed by atoms with van der Waals surface area (Å²) < 4.78 is 18.7. The summed E-state index contributed by atoms with van der Waals surface area (Å²) in [5.74, 6) is 0.00662. The predicted molar refractivity (Wildman–Crippen MR) is 131 cm³/mol. The second-order valence-electron chi connectivity index (χ2n) is 7.98. The van der Waals surface area contributed by atoms with Crippen LogP contribution >= 0.6 is 11.3 Å². The number of aromatic nitrogens is 2. The Morgan fingerprint density at radius 3 is 2.85 bits per heavy atom. The zero-order valence-corrected chi connectivity index (χ0v) is 19.8. The number of morpholine rings is 1. The summed E-state index contributed by atoms with van der Waals surface area (Å²) >= 11 is 1.44.